The van der Waals surface area contributed by atoms with Gasteiger partial charge in [-0.1, -0.05) is 29.4 Å². The lowest BCUT2D eigenvalue weighted by Crippen LogP contribution is -2.22. The first-order chi connectivity index (χ1) is 13.4. The summed E-state index contributed by atoms with van der Waals surface area (Å²) in [5.41, 5.74) is 1.09. The van der Waals surface area contributed by atoms with Crippen LogP contribution in [0.5, 0.6) is 5.75 Å². The highest BCUT2D eigenvalue weighted by atomic mass is 35.5. The number of carbonyl (C=O) groups excluding carboxylic acids is 1. The second-order valence-electron chi connectivity index (χ2n) is 5.89. The molecule has 8 nitrogen and oxygen atoms in total. The van der Waals surface area contributed by atoms with Crippen LogP contribution in [0.1, 0.15) is 11.3 Å². The van der Waals surface area contributed by atoms with Crippen molar-refractivity contribution < 1.29 is 13.9 Å². The average Bonchev–Trinajstić information content (AvgIpc) is 3.07. The van der Waals surface area contributed by atoms with E-state index in [0.29, 0.717) is 27.4 Å². The zero-order valence-corrected chi connectivity index (χ0v) is 16.7. The molecule has 1 N–H and O–H groups in total. The Balaban J connectivity index is 1.54. The molecule has 2 heterocycles. The second kappa shape index (κ2) is 8.94. The van der Waals surface area contributed by atoms with Crippen LogP contribution in [0, 0.1) is 6.92 Å². The van der Waals surface area contributed by atoms with Gasteiger partial charge in [0, 0.05) is 23.8 Å². The SMILES string of the molecule is Cc1ccc(NC(=O)COc2coc(CSc3nncn3C)cc2=O)cc1Cl. The fourth-order valence-corrected chi connectivity index (χ4v) is 3.13. The molecule has 1 aromatic carbocycles. The maximum absolute atomic E-state index is 12.1. The monoisotopic (exact) mass is 420 g/mol. The van der Waals surface area contributed by atoms with E-state index in [0.717, 1.165) is 5.56 Å². The van der Waals surface area contributed by atoms with Crippen LogP contribution in [0.2, 0.25) is 5.02 Å². The first-order valence-electron chi connectivity index (χ1n) is 8.19. The van der Waals surface area contributed by atoms with Crippen molar-refractivity contribution in [3.63, 3.8) is 0 Å². The van der Waals surface area contributed by atoms with E-state index in [1.54, 1.807) is 29.1 Å². The van der Waals surface area contributed by atoms with E-state index in [4.69, 9.17) is 20.8 Å². The zero-order valence-electron chi connectivity index (χ0n) is 15.1. The van der Waals surface area contributed by atoms with Crippen molar-refractivity contribution in [2.45, 2.75) is 17.8 Å². The number of halogens is 1. The number of benzene rings is 1. The maximum atomic E-state index is 12.1. The Kier molecular flexibility index (Phi) is 6.37. The fourth-order valence-electron chi connectivity index (χ4n) is 2.17. The predicted octanol–water partition coefficient (Wildman–Crippen LogP) is 3.04. The first-order valence-corrected chi connectivity index (χ1v) is 9.56. The average molecular weight is 421 g/mol. The van der Waals surface area contributed by atoms with Crippen molar-refractivity contribution in [3.8, 4) is 5.75 Å². The Morgan fingerprint density at radius 2 is 2.21 bits per heavy atom. The zero-order chi connectivity index (χ0) is 20.1. The third kappa shape index (κ3) is 5.14. The number of thioether (sulfide) groups is 1. The standard InChI is InChI=1S/C18H17ClN4O4S/c1-11-3-4-12(5-14(11)19)21-17(25)8-27-16-7-26-13(6-15(16)24)9-28-18-22-20-10-23(18)2/h3-7,10H,8-9H2,1-2H3,(H,21,25). The molecule has 0 saturated carbocycles. The van der Waals surface area contributed by atoms with Gasteiger partial charge in [-0.2, -0.15) is 0 Å². The fraction of sp³-hybridized carbons (Fsp3) is 0.222. The van der Waals surface area contributed by atoms with Gasteiger partial charge >= 0.3 is 0 Å². The van der Waals surface area contributed by atoms with Gasteiger partial charge in [0.15, 0.2) is 11.8 Å². The van der Waals surface area contributed by atoms with Crippen LogP contribution in [0.3, 0.4) is 0 Å². The summed E-state index contributed by atoms with van der Waals surface area (Å²) in [7, 11) is 1.82. The minimum Gasteiger partial charge on any atom is -0.477 e. The van der Waals surface area contributed by atoms with Gasteiger partial charge in [-0.25, -0.2) is 0 Å². The lowest BCUT2D eigenvalue weighted by Gasteiger charge is -2.08. The smallest absolute Gasteiger partial charge is 0.262 e. The van der Waals surface area contributed by atoms with Crippen LogP contribution in [0.4, 0.5) is 5.69 Å². The van der Waals surface area contributed by atoms with Gasteiger partial charge in [-0.15, -0.1) is 10.2 Å². The highest BCUT2D eigenvalue weighted by Gasteiger charge is 2.10. The minimum atomic E-state index is -0.416. The molecule has 2 aromatic heterocycles. The number of nitrogens with one attached hydrogen (secondary N) is 1. The van der Waals surface area contributed by atoms with Gasteiger partial charge in [0.05, 0.1) is 5.75 Å². The highest BCUT2D eigenvalue weighted by Crippen LogP contribution is 2.21. The molecular formula is C18H17ClN4O4S. The number of ether oxygens (including phenoxy) is 1. The summed E-state index contributed by atoms with van der Waals surface area (Å²) in [5, 5.41) is 11.6. The summed E-state index contributed by atoms with van der Waals surface area (Å²) in [6, 6.07) is 6.51. The maximum Gasteiger partial charge on any atom is 0.262 e. The number of hydrogen-bond acceptors (Lipinski definition) is 7. The third-order valence-electron chi connectivity index (χ3n) is 3.68. The van der Waals surface area contributed by atoms with E-state index in [1.807, 2.05) is 14.0 Å². The number of nitrogens with zero attached hydrogens (tertiary/aromatic N) is 3. The van der Waals surface area contributed by atoms with Crippen molar-refractivity contribution in [2.24, 2.45) is 7.05 Å². The van der Waals surface area contributed by atoms with Crippen molar-refractivity contribution >= 4 is 35.0 Å². The summed E-state index contributed by atoms with van der Waals surface area (Å²) in [6.45, 7) is 1.54. The van der Waals surface area contributed by atoms with E-state index >= 15 is 0 Å². The molecule has 0 unspecified atom stereocenters. The van der Waals surface area contributed by atoms with Gasteiger partial charge in [0.1, 0.15) is 18.4 Å². The van der Waals surface area contributed by atoms with Crippen LogP contribution >= 0.6 is 23.4 Å². The molecular weight excluding hydrogens is 404 g/mol. The Morgan fingerprint density at radius 1 is 1.39 bits per heavy atom. The summed E-state index contributed by atoms with van der Waals surface area (Å²) < 4.78 is 12.4. The van der Waals surface area contributed by atoms with E-state index in [1.165, 1.54) is 24.1 Å². The van der Waals surface area contributed by atoms with Crippen LogP contribution in [0.25, 0.3) is 0 Å². The van der Waals surface area contributed by atoms with E-state index < -0.39 is 5.91 Å². The van der Waals surface area contributed by atoms with E-state index in [9.17, 15) is 9.59 Å². The molecule has 0 aliphatic rings. The van der Waals surface area contributed by atoms with Crippen molar-refractivity contribution in [1.29, 1.82) is 0 Å². The highest BCUT2D eigenvalue weighted by molar-refractivity contribution is 7.98. The van der Waals surface area contributed by atoms with Gasteiger partial charge < -0.3 is 19.0 Å². The molecule has 1 amide bonds. The first kappa shape index (κ1) is 20.0. The van der Waals surface area contributed by atoms with Gasteiger partial charge in [-0.3, -0.25) is 9.59 Å². The van der Waals surface area contributed by atoms with Crippen LogP contribution in [-0.2, 0) is 17.6 Å². The summed E-state index contributed by atoms with van der Waals surface area (Å²) in [5.74, 6) is 0.423. The van der Waals surface area contributed by atoms with Gasteiger partial charge in [-0.05, 0) is 24.6 Å². The van der Waals surface area contributed by atoms with Gasteiger partial charge in [0.25, 0.3) is 5.91 Å². The number of rotatable bonds is 7. The molecule has 0 bridgehead atoms. The number of carbonyl (C=O) groups is 1. The van der Waals surface area contributed by atoms with Crippen molar-refractivity contribution in [1.82, 2.24) is 14.8 Å². The van der Waals surface area contributed by atoms with Crippen LogP contribution in [0.15, 0.2) is 51.2 Å². The Morgan fingerprint density at radius 3 is 2.89 bits per heavy atom. The Labute approximate surface area is 169 Å². The van der Waals surface area contributed by atoms with Crippen molar-refractivity contribution in [3.05, 3.63) is 63.4 Å². The molecule has 0 aliphatic heterocycles. The quantitative estimate of drug-likeness (QED) is 0.586. The molecule has 146 valence electrons. The molecule has 10 heteroatoms. The van der Waals surface area contributed by atoms with Crippen LogP contribution < -0.4 is 15.5 Å². The number of aryl methyl sites for hydroxylation is 2. The normalized spacial score (nSPS) is 10.7. The van der Waals surface area contributed by atoms with Crippen LogP contribution in [-0.4, -0.2) is 27.3 Å². The largest absolute Gasteiger partial charge is 0.477 e. The lowest BCUT2D eigenvalue weighted by molar-refractivity contribution is -0.118. The molecule has 0 radical (unpaired) electrons. The predicted molar refractivity (Wildman–Crippen MR) is 106 cm³/mol. The number of anilines is 1. The number of hydrogen-bond donors (Lipinski definition) is 1. The molecule has 0 spiro atoms. The third-order valence-corrected chi connectivity index (χ3v) is 5.14. The number of aromatic nitrogens is 3. The molecule has 28 heavy (non-hydrogen) atoms. The topological polar surface area (TPSA) is 99.2 Å². The molecule has 0 fully saturated rings. The lowest BCUT2D eigenvalue weighted by atomic mass is 10.2. The second-order valence-corrected chi connectivity index (χ2v) is 7.24. The molecule has 0 atom stereocenters. The van der Waals surface area contributed by atoms with Gasteiger partial charge in [0.2, 0.25) is 11.2 Å². The minimum absolute atomic E-state index is 0.0375. The molecule has 0 aliphatic carbocycles. The molecule has 3 rings (SSSR count). The Hall–Kier alpha value is -2.78. The summed E-state index contributed by atoms with van der Waals surface area (Å²) in [6.07, 6.45) is 2.79. The van der Waals surface area contributed by atoms with E-state index in [2.05, 4.69) is 15.5 Å². The van der Waals surface area contributed by atoms with Crippen molar-refractivity contribution in [2.75, 3.05) is 11.9 Å². The summed E-state index contributed by atoms with van der Waals surface area (Å²) >= 11 is 7.41. The number of amides is 1. The Bertz CT molecular complexity index is 1050. The molecule has 3 aromatic rings. The molecule has 0 saturated heterocycles. The van der Waals surface area contributed by atoms with E-state index in [-0.39, 0.29) is 17.8 Å². The summed E-state index contributed by atoms with van der Waals surface area (Å²) in [4.78, 5) is 24.1.